The lowest BCUT2D eigenvalue weighted by Gasteiger charge is -2.38. The van der Waals surface area contributed by atoms with Crippen LogP contribution < -0.4 is 0 Å². The molecular formula is C8H13Si2. The highest BCUT2D eigenvalue weighted by atomic mass is 28.4. The summed E-state index contributed by atoms with van der Waals surface area (Å²) in [6.45, 7) is 11.5. The zero-order chi connectivity index (χ0) is 7.61. The van der Waals surface area contributed by atoms with Crippen LogP contribution in [-0.4, -0.2) is 16.9 Å². The first-order valence-electron chi connectivity index (χ1n) is 3.50. The number of hydrogen-bond donors (Lipinski definition) is 0. The Balaban J connectivity index is 2.53. The molecule has 0 aromatic rings. The summed E-state index contributed by atoms with van der Waals surface area (Å²) in [5.41, 5.74) is 9.28. The zero-order valence-electron chi connectivity index (χ0n) is 6.27. The average Bonchev–Trinajstić information content (AvgIpc) is 1.89. The zero-order valence-corrected chi connectivity index (χ0v) is 8.27. The van der Waals surface area contributed by atoms with Crippen molar-refractivity contribution in [1.82, 2.24) is 0 Å². The van der Waals surface area contributed by atoms with Gasteiger partial charge in [-0.2, -0.15) is 0 Å². The van der Waals surface area contributed by atoms with Crippen LogP contribution in [-0.2, 0) is 0 Å². The van der Waals surface area contributed by atoms with Gasteiger partial charge >= 0.3 is 0 Å². The van der Waals surface area contributed by atoms with Crippen LogP contribution in [0.3, 0.4) is 0 Å². The summed E-state index contributed by atoms with van der Waals surface area (Å²) in [6, 6.07) is 0. The van der Waals surface area contributed by atoms with Gasteiger partial charge in [-0.05, 0) is 0 Å². The summed E-state index contributed by atoms with van der Waals surface area (Å²) in [5.74, 6) is 0. The first-order valence-corrected chi connectivity index (χ1v) is 8.07. The smallest absolute Gasteiger partial charge is 0.0954 e. The fourth-order valence-electron chi connectivity index (χ4n) is 1.31. The van der Waals surface area contributed by atoms with Crippen LogP contribution in [0.25, 0.3) is 0 Å². The molecule has 0 amide bonds. The van der Waals surface area contributed by atoms with Crippen molar-refractivity contribution >= 4 is 16.9 Å². The fourth-order valence-corrected chi connectivity index (χ4v) is 11.3. The number of rotatable bonds is 3. The Morgan fingerprint density at radius 3 is 1.90 bits per heavy atom. The van der Waals surface area contributed by atoms with E-state index in [1.54, 1.807) is 0 Å². The highest BCUT2D eigenvalue weighted by molar-refractivity contribution is 7.12. The summed E-state index contributed by atoms with van der Waals surface area (Å²) in [5, 5.41) is 0. The molecule has 0 atom stereocenters. The standard InChI is InChI=1S/C8H13Si2/c1-4-9-7-10(5-2,6-3)8-9/h4-6H,1-3,7-8H2. The lowest BCUT2D eigenvalue weighted by molar-refractivity contribution is 1.51. The minimum Gasteiger partial charge on any atom is -0.107 e. The quantitative estimate of drug-likeness (QED) is 0.562. The van der Waals surface area contributed by atoms with E-state index < -0.39 is 8.07 Å². The second kappa shape index (κ2) is 2.72. The monoisotopic (exact) mass is 165 g/mol. The Kier molecular flexibility index (Phi) is 2.11. The van der Waals surface area contributed by atoms with Gasteiger partial charge in [0, 0.05) is 0 Å². The van der Waals surface area contributed by atoms with Crippen molar-refractivity contribution in [1.29, 1.82) is 0 Å². The minimum absolute atomic E-state index is 0.135. The van der Waals surface area contributed by atoms with Crippen molar-refractivity contribution in [2.45, 2.75) is 11.3 Å². The SMILES string of the molecule is C=C[Si]1C[Si](C=C)(C=C)C1. The van der Waals surface area contributed by atoms with Crippen LogP contribution in [0.2, 0.25) is 11.3 Å². The van der Waals surface area contributed by atoms with Crippen LogP contribution in [0.5, 0.6) is 0 Å². The van der Waals surface area contributed by atoms with E-state index in [-0.39, 0.29) is 8.80 Å². The molecule has 53 valence electrons. The summed E-state index contributed by atoms with van der Waals surface area (Å²) < 4.78 is 0. The Labute approximate surface area is 65.6 Å². The van der Waals surface area contributed by atoms with Crippen LogP contribution >= 0.6 is 0 Å². The average molecular weight is 165 g/mol. The maximum atomic E-state index is 3.87. The predicted molar refractivity (Wildman–Crippen MR) is 51.7 cm³/mol. The van der Waals surface area contributed by atoms with Crippen molar-refractivity contribution in [3.8, 4) is 0 Å². The molecule has 1 aliphatic rings. The molecule has 0 aromatic heterocycles. The lowest BCUT2D eigenvalue weighted by atomic mass is 11.2. The number of hydrogen-bond acceptors (Lipinski definition) is 0. The molecule has 0 aliphatic carbocycles. The van der Waals surface area contributed by atoms with Crippen molar-refractivity contribution in [3.05, 3.63) is 36.8 Å². The Hall–Kier alpha value is -0.346. The first-order chi connectivity index (χ1) is 4.76. The van der Waals surface area contributed by atoms with E-state index in [0.717, 1.165) is 0 Å². The molecule has 0 aromatic carbocycles. The van der Waals surface area contributed by atoms with Gasteiger partial charge in [-0.3, -0.25) is 0 Å². The van der Waals surface area contributed by atoms with E-state index in [2.05, 4.69) is 36.8 Å². The van der Waals surface area contributed by atoms with Crippen molar-refractivity contribution in [2.75, 3.05) is 0 Å². The maximum Gasteiger partial charge on any atom is 0.0954 e. The molecule has 10 heavy (non-hydrogen) atoms. The van der Waals surface area contributed by atoms with Crippen molar-refractivity contribution in [3.63, 3.8) is 0 Å². The van der Waals surface area contributed by atoms with Crippen molar-refractivity contribution < 1.29 is 0 Å². The molecule has 0 bridgehead atoms. The summed E-state index contributed by atoms with van der Waals surface area (Å²) >= 11 is 0. The highest BCUT2D eigenvalue weighted by Crippen LogP contribution is 2.33. The fraction of sp³-hybridized carbons (Fsp3) is 0.250. The van der Waals surface area contributed by atoms with E-state index in [1.165, 1.54) is 11.3 Å². The van der Waals surface area contributed by atoms with Crippen LogP contribution in [0.1, 0.15) is 0 Å². The van der Waals surface area contributed by atoms with Gasteiger partial charge in [-0.15, -0.1) is 25.4 Å². The topological polar surface area (TPSA) is 0 Å². The van der Waals surface area contributed by atoms with E-state index in [4.69, 9.17) is 0 Å². The third-order valence-electron chi connectivity index (χ3n) is 2.21. The predicted octanol–water partition coefficient (Wildman–Crippen LogP) is 2.20. The summed E-state index contributed by atoms with van der Waals surface area (Å²) in [6.07, 6.45) is 0. The van der Waals surface area contributed by atoms with Gasteiger partial charge in [0.15, 0.2) is 0 Å². The maximum absolute atomic E-state index is 3.87. The van der Waals surface area contributed by atoms with Gasteiger partial charge in [-0.1, -0.05) is 22.7 Å². The normalized spacial score (nSPS) is 22.8. The second-order valence-corrected chi connectivity index (χ2v) is 10.7. The Morgan fingerprint density at radius 2 is 1.60 bits per heavy atom. The van der Waals surface area contributed by atoms with E-state index in [0.29, 0.717) is 0 Å². The molecule has 0 saturated carbocycles. The van der Waals surface area contributed by atoms with E-state index in [1.807, 2.05) is 0 Å². The largest absolute Gasteiger partial charge is 0.107 e. The molecule has 1 heterocycles. The first kappa shape index (κ1) is 7.76. The molecular weight excluding hydrogens is 152 g/mol. The van der Waals surface area contributed by atoms with Gasteiger partial charge in [0.2, 0.25) is 0 Å². The summed E-state index contributed by atoms with van der Waals surface area (Å²) in [4.78, 5) is 0. The molecule has 0 unspecified atom stereocenters. The third kappa shape index (κ3) is 1.09. The molecule has 0 spiro atoms. The molecule has 1 fully saturated rings. The molecule has 1 radical (unpaired) electrons. The molecule has 0 nitrogen and oxygen atoms in total. The molecule has 2 heteroatoms. The van der Waals surface area contributed by atoms with Gasteiger partial charge in [0.05, 0.1) is 16.9 Å². The Bertz CT molecular complexity index is 156. The highest BCUT2D eigenvalue weighted by Gasteiger charge is 2.40. The van der Waals surface area contributed by atoms with E-state index >= 15 is 0 Å². The van der Waals surface area contributed by atoms with Gasteiger partial charge < -0.3 is 0 Å². The molecule has 1 rings (SSSR count). The van der Waals surface area contributed by atoms with Crippen LogP contribution in [0.4, 0.5) is 0 Å². The third-order valence-corrected chi connectivity index (χ3v) is 13.3. The van der Waals surface area contributed by atoms with Crippen molar-refractivity contribution in [2.24, 2.45) is 0 Å². The van der Waals surface area contributed by atoms with Crippen LogP contribution in [0, 0.1) is 0 Å². The van der Waals surface area contributed by atoms with Gasteiger partial charge in [0.1, 0.15) is 0 Å². The Morgan fingerprint density at radius 1 is 1.10 bits per heavy atom. The van der Waals surface area contributed by atoms with Crippen LogP contribution in [0.15, 0.2) is 36.8 Å². The van der Waals surface area contributed by atoms with Gasteiger partial charge in [0.25, 0.3) is 0 Å². The lowest BCUT2D eigenvalue weighted by Crippen LogP contribution is -2.49. The molecule has 1 saturated heterocycles. The molecule has 0 N–H and O–H groups in total. The summed E-state index contributed by atoms with van der Waals surface area (Å²) in [7, 11) is -1.21. The second-order valence-electron chi connectivity index (χ2n) is 2.86. The van der Waals surface area contributed by atoms with E-state index in [9.17, 15) is 0 Å². The molecule has 1 aliphatic heterocycles. The van der Waals surface area contributed by atoms with Gasteiger partial charge in [-0.25, -0.2) is 0 Å². The minimum atomic E-state index is -1.07.